The number of piperidine rings is 1. The number of carbonyl (C=O) groups is 2. The summed E-state index contributed by atoms with van der Waals surface area (Å²) in [4.78, 5) is 24.9. The number of amides is 1. The van der Waals surface area contributed by atoms with Crippen molar-refractivity contribution in [3.05, 3.63) is 28.8 Å². The number of carbonyl (C=O) groups excluding carboxylic acids is 1. The SMILES string of the molecule is Nc1ccc(C(=O)N2CCCC[C@@H]2C(=O)O)cc1Cl. The van der Waals surface area contributed by atoms with E-state index in [2.05, 4.69) is 0 Å². The molecule has 1 heterocycles. The minimum Gasteiger partial charge on any atom is -0.480 e. The minimum atomic E-state index is -0.963. The van der Waals surface area contributed by atoms with E-state index in [0.717, 1.165) is 12.8 Å². The molecule has 1 amide bonds. The molecule has 1 aromatic carbocycles. The molecule has 0 spiro atoms. The first kappa shape index (κ1) is 13.7. The molecule has 0 unspecified atom stereocenters. The number of nitrogens with two attached hydrogens (primary N) is 1. The number of aliphatic carboxylic acids is 1. The summed E-state index contributed by atoms with van der Waals surface area (Å²) < 4.78 is 0. The predicted molar refractivity (Wildman–Crippen MR) is 72.2 cm³/mol. The van der Waals surface area contributed by atoms with E-state index in [1.165, 1.54) is 11.0 Å². The largest absolute Gasteiger partial charge is 0.480 e. The molecule has 0 aromatic heterocycles. The average molecular weight is 283 g/mol. The van der Waals surface area contributed by atoms with Crippen molar-refractivity contribution in [1.29, 1.82) is 0 Å². The minimum absolute atomic E-state index is 0.301. The third kappa shape index (κ3) is 2.81. The third-order valence-corrected chi connectivity index (χ3v) is 3.62. The van der Waals surface area contributed by atoms with E-state index in [1.54, 1.807) is 12.1 Å². The molecular weight excluding hydrogens is 268 g/mol. The first-order valence-corrected chi connectivity index (χ1v) is 6.47. The molecule has 5 nitrogen and oxygen atoms in total. The maximum Gasteiger partial charge on any atom is 0.326 e. The second-order valence-electron chi connectivity index (χ2n) is 4.58. The van der Waals surface area contributed by atoms with Gasteiger partial charge in [0.2, 0.25) is 0 Å². The second-order valence-corrected chi connectivity index (χ2v) is 4.99. The van der Waals surface area contributed by atoms with E-state index in [9.17, 15) is 9.59 Å². The molecule has 0 radical (unpaired) electrons. The van der Waals surface area contributed by atoms with Crippen LogP contribution in [0, 0.1) is 0 Å². The number of anilines is 1. The number of nitrogens with zero attached hydrogens (tertiary/aromatic N) is 1. The quantitative estimate of drug-likeness (QED) is 0.813. The van der Waals surface area contributed by atoms with Gasteiger partial charge in [0.05, 0.1) is 10.7 Å². The highest BCUT2D eigenvalue weighted by molar-refractivity contribution is 6.33. The molecule has 1 atom stereocenters. The Balaban J connectivity index is 2.26. The van der Waals surface area contributed by atoms with Gasteiger partial charge in [-0.2, -0.15) is 0 Å². The monoisotopic (exact) mass is 282 g/mol. The number of hydrogen-bond acceptors (Lipinski definition) is 3. The molecule has 0 aliphatic carbocycles. The number of likely N-dealkylation sites (tertiary alicyclic amines) is 1. The molecule has 1 saturated heterocycles. The highest BCUT2D eigenvalue weighted by Gasteiger charge is 2.32. The smallest absolute Gasteiger partial charge is 0.326 e. The molecule has 102 valence electrons. The zero-order valence-electron chi connectivity index (χ0n) is 10.3. The summed E-state index contributed by atoms with van der Waals surface area (Å²) in [5.41, 5.74) is 6.35. The molecule has 1 fully saturated rings. The zero-order chi connectivity index (χ0) is 14.0. The van der Waals surface area contributed by atoms with Crippen LogP contribution in [-0.2, 0) is 4.79 Å². The lowest BCUT2D eigenvalue weighted by molar-refractivity contribution is -0.143. The Bertz CT molecular complexity index is 519. The van der Waals surface area contributed by atoms with Gasteiger partial charge < -0.3 is 15.7 Å². The molecule has 1 aliphatic heterocycles. The standard InChI is InChI=1S/C13H15ClN2O3/c14-9-7-8(4-5-10(9)15)12(17)16-6-2-1-3-11(16)13(18)19/h4-5,7,11H,1-3,6,15H2,(H,18,19)/t11-/m1/s1. The Morgan fingerprint density at radius 2 is 2.11 bits per heavy atom. The first-order chi connectivity index (χ1) is 9.00. The Morgan fingerprint density at radius 3 is 2.74 bits per heavy atom. The summed E-state index contributed by atoms with van der Waals surface area (Å²) in [7, 11) is 0. The van der Waals surface area contributed by atoms with Crippen LogP contribution < -0.4 is 5.73 Å². The Morgan fingerprint density at radius 1 is 1.37 bits per heavy atom. The predicted octanol–water partition coefficient (Wildman–Crippen LogP) is 2.00. The van der Waals surface area contributed by atoms with E-state index in [4.69, 9.17) is 22.4 Å². The lowest BCUT2D eigenvalue weighted by Crippen LogP contribution is -2.47. The Kier molecular flexibility index (Phi) is 3.95. The van der Waals surface area contributed by atoms with Crippen molar-refractivity contribution < 1.29 is 14.7 Å². The number of carboxylic acid groups (broad SMARTS) is 1. The van der Waals surface area contributed by atoms with Crippen molar-refractivity contribution in [2.24, 2.45) is 0 Å². The van der Waals surface area contributed by atoms with Crippen LogP contribution in [0.25, 0.3) is 0 Å². The summed E-state index contributed by atoms with van der Waals surface area (Å²) in [6.07, 6.45) is 2.13. The Labute approximate surface area is 116 Å². The number of hydrogen-bond donors (Lipinski definition) is 2. The fourth-order valence-electron chi connectivity index (χ4n) is 2.26. The summed E-state index contributed by atoms with van der Waals surface area (Å²) in [5.74, 6) is -1.27. The van der Waals surface area contributed by atoms with Crippen molar-refractivity contribution in [3.8, 4) is 0 Å². The van der Waals surface area contributed by atoms with Crippen LogP contribution in [0.1, 0.15) is 29.6 Å². The fourth-order valence-corrected chi connectivity index (χ4v) is 2.44. The average Bonchev–Trinajstić information content (AvgIpc) is 2.41. The molecular formula is C13H15ClN2O3. The van der Waals surface area contributed by atoms with Crippen LogP contribution in [0.2, 0.25) is 5.02 Å². The van der Waals surface area contributed by atoms with Gasteiger partial charge >= 0.3 is 5.97 Å². The number of benzene rings is 1. The molecule has 0 bridgehead atoms. The lowest BCUT2D eigenvalue weighted by Gasteiger charge is -2.33. The van der Waals surface area contributed by atoms with Crippen molar-refractivity contribution in [2.75, 3.05) is 12.3 Å². The van der Waals surface area contributed by atoms with E-state index in [0.29, 0.717) is 29.2 Å². The number of rotatable bonds is 2. The normalized spacial score (nSPS) is 19.2. The maximum absolute atomic E-state index is 12.3. The van der Waals surface area contributed by atoms with Gasteiger partial charge in [0.1, 0.15) is 6.04 Å². The molecule has 2 rings (SSSR count). The van der Waals surface area contributed by atoms with Crippen molar-refractivity contribution >= 4 is 29.2 Å². The maximum atomic E-state index is 12.3. The van der Waals surface area contributed by atoms with Crippen LogP contribution in [0.4, 0.5) is 5.69 Å². The topological polar surface area (TPSA) is 83.6 Å². The van der Waals surface area contributed by atoms with Crippen LogP contribution >= 0.6 is 11.6 Å². The molecule has 3 N–H and O–H groups in total. The summed E-state index contributed by atoms with van der Waals surface area (Å²) in [5, 5.41) is 9.46. The molecule has 1 aliphatic rings. The number of nitrogen functional groups attached to an aromatic ring is 1. The van der Waals surface area contributed by atoms with E-state index < -0.39 is 12.0 Å². The number of carboxylic acids is 1. The van der Waals surface area contributed by atoms with E-state index >= 15 is 0 Å². The first-order valence-electron chi connectivity index (χ1n) is 6.09. The van der Waals surface area contributed by atoms with Crippen molar-refractivity contribution in [1.82, 2.24) is 4.90 Å². The molecule has 1 aromatic rings. The summed E-state index contributed by atoms with van der Waals surface area (Å²) >= 11 is 5.88. The summed E-state index contributed by atoms with van der Waals surface area (Å²) in [6, 6.07) is 3.84. The highest BCUT2D eigenvalue weighted by Crippen LogP contribution is 2.24. The van der Waals surface area contributed by atoms with Gasteiger partial charge in [0.15, 0.2) is 0 Å². The van der Waals surface area contributed by atoms with E-state index in [1.807, 2.05) is 0 Å². The lowest BCUT2D eigenvalue weighted by atomic mass is 10.0. The van der Waals surface area contributed by atoms with Crippen molar-refractivity contribution in [3.63, 3.8) is 0 Å². The van der Waals surface area contributed by atoms with Crippen LogP contribution in [0.3, 0.4) is 0 Å². The van der Waals surface area contributed by atoms with Gasteiger partial charge in [-0.3, -0.25) is 4.79 Å². The van der Waals surface area contributed by atoms with Crippen molar-refractivity contribution in [2.45, 2.75) is 25.3 Å². The molecule has 0 saturated carbocycles. The molecule has 19 heavy (non-hydrogen) atoms. The van der Waals surface area contributed by atoms with Gasteiger partial charge in [-0.15, -0.1) is 0 Å². The second kappa shape index (κ2) is 5.48. The van der Waals surface area contributed by atoms with Gasteiger partial charge in [-0.05, 0) is 37.5 Å². The van der Waals surface area contributed by atoms with E-state index in [-0.39, 0.29) is 5.91 Å². The van der Waals surface area contributed by atoms with Crippen LogP contribution in [0.15, 0.2) is 18.2 Å². The highest BCUT2D eigenvalue weighted by atomic mass is 35.5. The van der Waals surface area contributed by atoms with Crippen LogP contribution in [-0.4, -0.2) is 34.5 Å². The van der Waals surface area contributed by atoms with Crippen LogP contribution in [0.5, 0.6) is 0 Å². The van der Waals surface area contributed by atoms with Gasteiger partial charge in [0, 0.05) is 12.1 Å². The zero-order valence-corrected chi connectivity index (χ0v) is 11.1. The van der Waals surface area contributed by atoms with Gasteiger partial charge in [-0.25, -0.2) is 4.79 Å². The summed E-state index contributed by atoms with van der Waals surface area (Å²) in [6.45, 7) is 0.456. The van der Waals surface area contributed by atoms with Gasteiger partial charge in [0.25, 0.3) is 5.91 Å². The Hall–Kier alpha value is -1.75. The number of halogens is 1. The molecule has 6 heteroatoms. The third-order valence-electron chi connectivity index (χ3n) is 3.30. The van der Waals surface area contributed by atoms with Gasteiger partial charge in [-0.1, -0.05) is 11.6 Å². The fraction of sp³-hybridized carbons (Fsp3) is 0.385.